The van der Waals surface area contributed by atoms with E-state index in [1.165, 1.54) is 6.26 Å². The summed E-state index contributed by atoms with van der Waals surface area (Å²) in [5.41, 5.74) is 1.31. The van der Waals surface area contributed by atoms with Gasteiger partial charge < -0.3 is 19.8 Å². The smallest absolute Gasteiger partial charge is 0.273 e. The van der Waals surface area contributed by atoms with Gasteiger partial charge in [-0.25, -0.2) is 4.98 Å². The van der Waals surface area contributed by atoms with Crippen LogP contribution < -0.4 is 15.4 Å². The van der Waals surface area contributed by atoms with Crippen molar-refractivity contribution < 1.29 is 13.9 Å². The highest BCUT2D eigenvalue weighted by molar-refractivity contribution is 5.91. The number of hydrogen-bond donors (Lipinski definition) is 2. The van der Waals surface area contributed by atoms with Crippen molar-refractivity contribution in [3.05, 3.63) is 47.7 Å². The van der Waals surface area contributed by atoms with Crippen LogP contribution in [0.2, 0.25) is 0 Å². The maximum Gasteiger partial charge on any atom is 0.273 e. The van der Waals surface area contributed by atoms with Crippen LogP contribution in [0.25, 0.3) is 0 Å². The van der Waals surface area contributed by atoms with Gasteiger partial charge in [-0.3, -0.25) is 4.79 Å². The minimum atomic E-state index is -0.233. The van der Waals surface area contributed by atoms with E-state index in [1.54, 1.807) is 7.11 Å². The highest BCUT2D eigenvalue weighted by Crippen LogP contribution is 2.22. The van der Waals surface area contributed by atoms with Gasteiger partial charge in [0.1, 0.15) is 12.0 Å². The summed E-state index contributed by atoms with van der Waals surface area (Å²) in [5.74, 6) is 1.15. The molecular formula is C16H19N3O3. The van der Waals surface area contributed by atoms with Gasteiger partial charge in [-0.05, 0) is 37.1 Å². The highest BCUT2D eigenvalue weighted by Gasteiger charge is 2.22. The van der Waals surface area contributed by atoms with Gasteiger partial charge in [0.25, 0.3) is 5.91 Å². The molecule has 1 aromatic heterocycles. The van der Waals surface area contributed by atoms with Gasteiger partial charge in [0, 0.05) is 6.54 Å². The van der Waals surface area contributed by atoms with Gasteiger partial charge >= 0.3 is 0 Å². The summed E-state index contributed by atoms with van der Waals surface area (Å²) in [6, 6.07) is 7.68. The average molecular weight is 301 g/mol. The molecule has 6 nitrogen and oxygen atoms in total. The first-order valence-electron chi connectivity index (χ1n) is 7.36. The number of nitrogens with zero attached hydrogens (tertiary/aromatic N) is 1. The number of rotatable bonds is 5. The molecule has 116 valence electrons. The maximum absolute atomic E-state index is 12.1. The Kier molecular flexibility index (Phi) is 4.39. The van der Waals surface area contributed by atoms with Crippen LogP contribution in [0, 0.1) is 0 Å². The Balaban J connectivity index is 1.57. The Bertz CT molecular complexity index is 630. The number of aromatic nitrogens is 1. The van der Waals surface area contributed by atoms with Crippen molar-refractivity contribution in [2.24, 2.45) is 0 Å². The van der Waals surface area contributed by atoms with Crippen LogP contribution in [-0.4, -0.2) is 24.5 Å². The van der Waals surface area contributed by atoms with Crippen LogP contribution >= 0.6 is 0 Å². The number of methoxy groups -OCH3 is 1. The molecule has 1 amide bonds. The Morgan fingerprint density at radius 3 is 2.95 bits per heavy atom. The number of hydrogen-bond acceptors (Lipinski definition) is 5. The Morgan fingerprint density at radius 2 is 2.27 bits per heavy atom. The van der Waals surface area contributed by atoms with Gasteiger partial charge in [-0.15, -0.1) is 0 Å². The quantitative estimate of drug-likeness (QED) is 0.884. The summed E-state index contributed by atoms with van der Waals surface area (Å²) in [6.45, 7) is 1.40. The summed E-state index contributed by atoms with van der Waals surface area (Å²) in [5, 5.41) is 6.13. The molecule has 1 fully saturated rings. The molecule has 1 unspecified atom stereocenters. The number of ether oxygens (including phenoxy) is 1. The van der Waals surface area contributed by atoms with E-state index in [0.29, 0.717) is 18.1 Å². The van der Waals surface area contributed by atoms with Crippen molar-refractivity contribution in [1.29, 1.82) is 0 Å². The zero-order chi connectivity index (χ0) is 15.4. The fourth-order valence-corrected chi connectivity index (χ4v) is 2.46. The second-order valence-electron chi connectivity index (χ2n) is 5.25. The first kappa shape index (κ1) is 14.6. The third kappa shape index (κ3) is 3.28. The van der Waals surface area contributed by atoms with Crippen LogP contribution in [0.5, 0.6) is 5.75 Å². The standard InChI is InChI=1S/C16H19N3O3/c1-21-12-6-4-11(5-7-12)9-18-15(20)14-10-22-16(19-14)13-3-2-8-17-13/h4-7,10,13,17H,2-3,8-9H2,1H3,(H,18,20). The lowest BCUT2D eigenvalue weighted by Crippen LogP contribution is -2.23. The van der Waals surface area contributed by atoms with Crippen LogP contribution in [0.4, 0.5) is 0 Å². The summed E-state index contributed by atoms with van der Waals surface area (Å²) in [4.78, 5) is 16.4. The van der Waals surface area contributed by atoms with Crippen molar-refractivity contribution in [3.8, 4) is 5.75 Å². The summed E-state index contributed by atoms with van der Waals surface area (Å²) >= 11 is 0. The lowest BCUT2D eigenvalue weighted by molar-refractivity contribution is 0.0946. The minimum absolute atomic E-state index is 0.128. The molecule has 0 saturated carbocycles. The lowest BCUT2D eigenvalue weighted by Gasteiger charge is -2.05. The molecule has 0 aliphatic carbocycles. The SMILES string of the molecule is COc1ccc(CNC(=O)c2coc(C3CCCN3)n2)cc1. The number of carbonyl (C=O) groups excluding carboxylic acids is 1. The van der Waals surface area contributed by atoms with E-state index in [0.717, 1.165) is 30.7 Å². The molecule has 1 aliphatic rings. The van der Waals surface area contributed by atoms with E-state index in [4.69, 9.17) is 9.15 Å². The number of benzene rings is 1. The van der Waals surface area contributed by atoms with Crippen molar-refractivity contribution in [3.63, 3.8) is 0 Å². The van der Waals surface area contributed by atoms with Gasteiger partial charge in [0.15, 0.2) is 5.69 Å². The molecule has 1 aliphatic heterocycles. The second kappa shape index (κ2) is 6.62. The number of oxazole rings is 1. The molecule has 6 heteroatoms. The summed E-state index contributed by atoms with van der Waals surface area (Å²) < 4.78 is 10.5. The topological polar surface area (TPSA) is 76.4 Å². The van der Waals surface area contributed by atoms with E-state index >= 15 is 0 Å². The third-order valence-electron chi connectivity index (χ3n) is 3.73. The van der Waals surface area contributed by atoms with Crippen molar-refractivity contribution in [2.75, 3.05) is 13.7 Å². The van der Waals surface area contributed by atoms with Gasteiger partial charge in [0.05, 0.1) is 13.2 Å². The van der Waals surface area contributed by atoms with Crippen molar-refractivity contribution in [2.45, 2.75) is 25.4 Å². The predicted molar refractivity (Wildman–Crippen MR) is 80.6 cm³/mol. The van der Waals surface area contributed by atoms with E-state index in [9.17, 15) is 4.79 Å². The molecule has 0 bridgehead atoms. The Morgan fingerprint density at radius 1 is 1.45 bits per heavy atom. The Labute approximate surface area is 128 Å². The lowest BCUT2D eigenvalue weighted by atomic mass is 10.2. The normalized spacial score (nSPS) is 17.4. The first-order valence-corrected chi connectivity index (χ1v) is 7.36. The number of carbonyl (C=O) groups is 1. The fraction of sp³-hybridized carbons (Fsp3) is 0.375. The van der Waals surface area contributed by atoms with E-state index in [-0.39, 0.29) is 11.9 Å². The van der Waals surface area contributed by atoms with E-state index in [1.807, 2.05) is 24.3 Å². The molecular weight excluding hydrogens is 282 g/mol. The summed E-state index contributed by atoms with van der Waals surface area (Å²) in [6.07, 6.45) is 3.51. The second-order valence-corrected chi connectivity index (χ2v) is 5.25. The predicted octanol–water partition coefficient (Wildman–Crippen LogP) is 2.04. The van der Waals surface area contributed by atoms with Gasteiger partial charge in [-0.1, -0.05) is 12.1 Å². The number of amides is 1. The van der Waals surface area contributed by atoms with Gasteiger partial charge in [0.2, 0.25) is 5.89 Å². The monoisotopic (exact) mass is 301 g/mol. The van der Waals surface area contributed by atoms with Crippen LogP contribution in [0.15, 0.2) is 34.9 Å². The highest BCUT2D eigenvalue weighted by atomic mass is 16.5. The largest absolute Gasteiger partial charge is 0.497 e. The molecule has 1 atom stereocenters. The average Bonchev–Trinajstić information content (AvgIpc) is 3.23. The molecule has 3 rings (SSSR count). The molecule has 0 spiro atoms. The van der Waals surface area contributed by atoms with Crippen molar-refractivity contribution in [1.82, 2.24) is 15.6 Å². The Hall–Kier alpha value is -2.34. The summed E-state index contributed by atoms with van der Waals surface area (Å²) in [7, 11) is 1.62. The van der Waals surface area contributed by atoms with Crippen LogP contribution in [-0.2, 0) is 6.54 Å². The molecule has 1 aromatic carbocycles. The van der Waals surface area contributed by atoms with Crippen LogP contribution in [0.3, 0.4) is 0 Å². The van der Waals surface area contributed by atoms with E-state index < -0.39 is 0 Å². The molecule has 2 heterocycles. The van der Waals surface area contributed by atoms with E-state index in [2.05, 4.69) is 15.6 Å². The zero-order valence-corrected chi connectivity index (χ0v) is 12.5. The van der Waals surface area contributed by atoms with Gasteiger partial charge in [-0.2, -0.15) is 0 Å². The molecule has 0 radical (unpaired) electrons. The third-order valence-corrected chi connectivity index (χ3v) is 3.73. The first-order chi connectivity index (χ1) is 10.8. The van der Waals surface area contributed by atoms with Crippen molar-refractivity contribution >= 4 is 5.91 Å². The molecule has 1 saturated heterocycles. The number of nitrogens with one attached hydrogen (secondary N) is 2. The van der Waals surface area contributed by atoms with Crippen LogP contribution in [0.1, 0.15) is 40.8 Å². The molecule has 2 N–H and O–H groups in total. The fourth-order valence-electron chi connectivity index (χ4n) is 2.46. The minimum Gasteiger partial charge on any atom is -0.497 e. The molecule has 22 heavy (non-hydrogen) atoms. The maximum atomic E-state index is 12.1. The molecule has 2 aromatic rings. The zero-order valence-electron chi connectivity index (χ0n) is 12.5.